The van der Waals surface area contributed by atoms with Crippen molar-refractivity contribution < 1.29 is 28.5 Å². The van der Waals surface area contributed by atoms with E-state index in [0.29, 0.717) is 43.7 Å². The maximum Gasteiger partial charge on any atom is 0.276 e. The molecule has 0 aliphatic rings. The molecule has 35 heavy (non-hydrogen) atoms. The van der Waals surface area contributed by atoms with Crippen LogP contribution in [-0.2, 0) is 9.59 Å². The molecule has 1 unspecified atom stereocenters. The molecule has 0 aliphatic heterocycles. The summed E-state index contributed by atoms with van der Waals surface area (Å²) in [5.74, 6) is 0.0989. The van der Waals surface area contributed by atoms with Gasteiger partial charge in [0.15, 0.2) is 11.5 Å². The Morgan fingerprint density at radius 1 is 0.914 bits per heavy atom. The maximum absolute atomic E-state index is 13.2. The first-order valence-electron chi connectivity index (χ1n) is 11.2. The minimum atomic E-state index is -1.52. The standard InChI is InChI=1S/C24H29Cl2N3O6/c1-6-32-16-10-12-19(33-7-2)18(14-16)29(26)24(31)22(15(5)30)28-27-17-11-13-20(34-8-3)21(25)23(17)35-9-4/h10-14,22H,6-9H2,1-5H3. The number of ether oxygens (including phenoxy) is 4. The Hall–Kier alpha value is -3.04. The van der Waals surface area contributed by atoms with E-state index in [1.807, 2.05) is 13.8 Å². The number of amides is 1. The van der Waals surface area contributed by atoms with Crippen molar-refractivity contribution in [3.05, 3.63) is 35.4 Å². The molecule has 2 aromatic rings. The molecule has 0 spiro atoms. The summed E-state index contributed by atoms with van der Waals surface area (Å²) >= 11 is 12.8. The highest BCUT2D eigenvalue weighted by Gasteiger charge is 2.31. The second kappa shape index (κ2) is 13.7. The summed E-state index contributed by atoms with van der Waals surface area (Å²) in [7, 11) is 0. The molecule has 190 valence electrons. The van der Waals surface area contributed by atoms with Crippen molar-refractivity contribution in [3.8, 4) is 23.0 Å². The zero-order valence-corrected chi connectivity index (χ0v) is 21.9. The summed E-state index contributed by atoms with van der Waals surface area (Å²) < 4.78 is 22.9. The van der Waals surface area contributed by atoms with Crippen LogP contribution in [0, 0.1) is 0 Å². The van der Waals surface area contributed by atoms with E-state index in [-0.39, 0.29) is 22.1 Å². The van der Waals surface area contributed by atoms with E-state index in [4.69, 9.17) is 42.3 Å². The summed E-state index contributed by atoms with van der Waals surface area (Å²) in [5, 5.41) is 8.28. The number of carbonyl (C=O) groups excluding carboxylic acids is 2. The van der Waals surface area contributed by atoms with Crippen molar-refractivity contribution >= 4 is 46.4 Å². The average molecular weight is 526 g/mol. The van der Waals surface area contributed by atoms with Gasteiger partial charge in [-0.25, -0.2) is 4.42 Å². The van der Waals surface area contributed by atoms with Crippen LogP contribution in [0.1, 0.15) is 34.6 Å². The summed E-state index contributed by atoms with van der Waals surface area (Å²) in [5.41, 5.74) is 0.443. The molecule has 0 fully saturated rings. The number of hydrogen-bond donors (Lipinski definition) is 0. The lowest BCUT2D eigenvalue weighted by Crippen LogP contribution is -2.36. The average Bonchev–Trinajstić information content (AvgIpc) is 2.83. The molecule has 0 bridgehead atoms. The van der Waals surface area contributed by atoms with Gasteiger partial charge in [-0.2, -0.15) is 10.2 Å². The van der Waals surface area contributed by atoms with Gasteiger partial charge in [-0.3, -0.25) is 9.59 Å². The monoisotopic (exact) mass is 525 g/mol. The van der Waals surface area contributed by atoms with E-state index >= 15 is 0 Å². The minimum absolute atomic E-state index is 0.212. The Kier molecular flexibility index (Phi) is 11.1. The van der Waals surface area contributed by atoms with Gasteiger partial charge in [0.1, 0.15) is 33.6 Å². The van der Waals surface area contributed by atoms with E-state index in [1.165, 1.54) is 6.92 Å². The summed E-state index contributed by atoms with van der Waals surface area (Å²) in [6.45, 7) is 9.93. The predicted molar refractivity (Wildman–Crippen MR) is 135 cm³/mol. The molecular formula is C24H29Cl2N3O6. The molecule has 9 nitrogen and oxygen atoms in total. The number of halogens is 2. The molecular weight excluding hydrogens is 497 g/mol. The number of nitrogens with zero attached hydrogens (tertiary/aromatic N) is 3. The van der Waals surface area contributed by atoms with Crippen LogP contribution in [0.5, 0.6) is 23.0 Å². The second-order valence-corrected chi connectivity index (χ2v) is 7.65. The van der Waals surface area contributed by atoms with Crippen LogP contribution in [0.3, 0.4) is 0 Å². The fourth-order valence-electron chi connectivity index (χ4n) is 2.99. The van der Waals surface area contributed by atoms with E-state index in [1.54, 1.807) is 44.2 Å². The quantitative estimate of drug-likeness (QED) is 0.176. The first kappa shape index (κ1) is 28.2. The third-order valence-electron chi connectivity index (χ3n) is 4.48. The Morgan fingerprint density at radius 2 is 1.51 bits per heavy atom. The molecule has 0 heterocycles. The molecule has 0 saturated heterocycles. The minimum Gasteiger partial charge on any atom is -0.494 e. The Balaban J connectivity index is 2.42. The molecule has 0 aromatic heterocycles. The molecule has 2 aromatic carbocycles. The van der Waals surface area contributed by atoms with Crippen LogP contribution in [-0.4, -0.2) is 44.2 Å². The summed E-state index contributed by atoms with van der Waals surface area (Å²) in [4.78, 5) is 25.5. The van der Waals surface area contributed by atoms with Gasteiger partial charge in [0, 0.05) is 17.8 Å². The van der Waals surface area contributed by atoms with Crippen LogP contribution in [0.2, 0.25) is 5.02 Å². The summed E-state index contributed by atoms with van der Waals surface area (Å²) in [6.07, 6.45) is 0. The lowest BCUT2D eigenvalue weighted by molar-refractivity contribution is -0.126. The second-order valence-electron chi connectivity index (χ2n) is 6.94. The number of anilines is 1. The van der Waals surface area contributed by atoms with Gasteiger partial charge in [0.25, 0.3) is 5.91 Å². The molecule has 2 rings (SSSR count). The highest BCUT2D eigenvalue weighted by atomic mass is 35.5. The Morgan fingerprint density at radius 3 is 2.11 bits per heavy atom. The normalized spacial score (nSPS) is 11.7. The van der Waals surface area contributed by atoms with E-state index in [0.717, 1.165) is 4.42 Å². The highest BCUT2D eigenvalue weighted by Crippen LogP contribution is 2.42. The van der Waals surface area contributed by atoms with Crippen LogP contribution in [0.25, 0.3) is 0 Å². The highest BCUT2D eigenvalue weighted by molar-refractivity contribution is 6.39. The van der Waals surface area contributed by atoms with Crippen LogP contribution in [0.15, 0.2) is 40.6 Å². The van der Waals surface area contributed by atoms with Crippen molar-refractivity contribution in [3.63, 3.8) is 0 Å². The van der Waals surface area contributed by atoms with E-state index in [2.05, 4.69) is 10.2 Å². The SMILES string of the molecule is CCOc1ccc(OCC)c(N(Cl)C(=O)C(N=Nc2ccc(OCC)c(Cl)c2OCC)C(C)=O)c1. The largest absolute Gasteiger partial charge is 0.494 e. The Labute approximate surface area is 215 Å². The fourth-order valence-corrected chi connectivity index (χ4v) is 3.48. The van der Waals surface area contributed by atoms with Crippen LogP contribution in [0.4, 0.5) is 11.4 Å². The molecule has 1 atom stereocenters. The zero-order valence-electron chi connectivity index (χ0n) is 20.3. The molecule has 0 N–H and O–H groups in total. The van der Waals surface area contributed by atoms with Gasteiger partial charge in [-0.15, -0.1) is 0 Å². The zero-order chi connectivity index (χ0) is 26.0. The first-order chi connectivity index (χ1) is 16.8. The fraction of sp³-hybridized carbons (Fsp3) is 0.417. The number of hydrogen-bond acceptors (Lipinski definition) is 8. The molecule has 11 heteroatoms. The van der Waals surface area contributed by atoms with Crippen molar-refractivity contribution in [2.45, 2.75) is 40.7 Å². The number of carbonyl (C=O) groups is 2. The number of ketones is 1. The smallest absolute Gasteiger partial charge is 0.276 e. The lowest BCUT2D eigenvalue weighted by atomic mass is 10.2. The number of Topliss-reactive ketones (excluding diaryl/α,β-unsaturated/α-hetero) is 1. The number of azo groups is 1. The van der Waals surface area contributed by atoms with Crippen molar-refractivity contribution in [2.24, 2.45) is 10.2 Å². The van der Waals surface area contributed by atoms with Crippen molar-refractivity contribution in [1.82, 2.24) is 0 Å². The lowest BCUT2D eigenvalue weighted by Gasteiger charge is -2.20. The third-order valence-corrected chi connectivity index (χ3v) is 5.18. The van der Waals surface area contributed by atoms with Gasteiger partial charge in [-0.05, 0) is 58.9 Å². The van der Waals surface area contributed by atoms with Crippen LogP contribution >= 0.6 is 23.4 Å². The van der Waals surface area contributed by atoms with Gasteiger partial charge in [-0.1, -0.05) is 11.6 Å². The summed E-state index contributed by atoms with van der Waals surface area (Å²) in [6, 6.07) is 6.54. The van der Waals surface area contributed by atoms with Gasteiger partial charge in [0.05, 0.1) is 26.4 Å². The first-order valence-corrected chi connectivity index (χ1v) is 11.9. The Bertz CT molecular complexity index is 1060. The van der Waals surface area contributed by atoms with Crippen LogP contribution < -0.4 is 23.4 Å². The molecule has 0 aliphatic carbocycles. The topological polar surface area (TPSA) is 99.0 Å². The number of rotatable bonds is 13. The third kappa shape index (κ3) is 7.22. The van der Waals surface area contributed by atoms with E-state index < -0.39 is 17.7 Å². The molecule has 1 amide bonds. The number of benzene rings is 2. The van der Waals surface area contributed by atoms with Crippen molar-refractivity contribution in [2.75, 3.05) is 30.8 Å². The van der Waals surface area contributed by atoms with Gasteiger partial charge < -0.3 is 18.9 Å². The maximum atomic E-state index is 13.2. The van der Waals surface area contributed by atoms with E-state index in [9.17, 15) is 9.59 Å². The van der Waals surface area contributed by atoms with Gasteiger partial charge >= 0.3 is 0 Å². The van der Waals surface area contributed by atoms with Gasteiger partial charge in [0.2, 0.25) is 6.04 Å². The molecule has 0 saturated carbocycles. The predicted octanol–water partition coefficient (Wildman–Crippen LogP) is 6.16. The van der Waals surface area contributed by atoms with Crippen molar-refractivity contribution in [1.29, 1.82) is 0 Å². The molecule has 0 radical (unpaired) electrons.